The van der Waals surface area contributed by atoms with Crippen molar-refractivity contribution in [3.63, 3.8) is 0 Å². The number of carbonyl (C=O) groups excluding carboxylic acids is 1. The van der Waals surface area contributed by atoms with Crippen LogP contribution in [0.2, 0.25) is 10.0 Å². The van der Waals surface area contributed by atoms with Gasteiger partial charge in [-0.25, -0.2) is 9.37 Å². The minimum absolute atomic E-state index is 0.226. The first-order chi connectivity index (χ1) is 11.4. The summed E-state index contributed by atoms with van der Waals surface area (Å²) in [5.41, 5.74) is 0.314. The summed E-state index contributed by atoms with van der Waals surface area (Å²) in [5.74, 6) is -0.852. The number of halogens is 3. The van der Waals surface area contributed by atoms with Crippen LogP contribution in [0.3, 0.4) is 0 Å². The quantitative estimate of drug-likeness (QED) is 0.772. The smallest absolute Gasteiger partial charge is 0.261 e. The molecule has 0 atom stereocenters. The zero-order valence-corrected chi connectivity index (χ0v) is 13.6. The highest BCUT2D eigenvalue weighted by Crippen LogP contribution is 2.23. The number of aromatic nitrogens is 2. The van der Waals surface area contributed by atoms with Gasteiger partial charge in [0.1, 0.15) is 12.4 Å². The number of fused-ring (bicyclic) bond motifs is 1. The number of nitrogens with one attached hydrogen (secondary N) is 1. The molecule has 0 aliphatic carbocycles. The van der Waals surface area contributed by atoms with Crippen LogP contribution in [0.25, 0.3) is 10.9 Å². The average molecular weight is 366 g/mol. The van der Waals surface area contributed by atoms with E-state index < -0.39 is 17.3 Å². The highest BCUT2D eigenvalue weighted by atomic mass is 35.5. The summed E-state index contributed by atoms with van der Waals surface area (Å²) in [7, 11) is 0. The highest BCUT2D eigenvalue weighted by molar-refractivity contribution is 6.38. The number of amides is 1. The summed E-state index contributed by atoms with van der Waals surface area (Å²) < 4.78 is 14.0. The van der Waals surface area contributed by atoms with Gasteiger partial charge in [0.2, 0.25) is 5.91 Å². The lowest BCUT2D eigenvalue weighted by molar-refractivity contribution is -0.116. The minimum Gasteiger partial charge on any atom is -0.325 e. The Morgan fingerprint density at radius 1 is 1.21 bits per heavy atom. The monoisotopic (exact) mass is 365 g/mol. The van der Waals surface area contributed by atoms with Crippen LogP contribution in [-0.4, -0.2) is 15.5 Å². The second-order valence-corrected chi connectivity index (χ2v) is 5.86. The average Bonchev–Trinajstić information content (AvgIpc) is 2.53. The summed E-state index contributed by atoms with van der Waals surface area (Å²) in [6.07, 6.45) is 1.24. The van der Waals surface area contributed by atoms with Crippen molar-refractivity contribution in [2.45, 2.75) is 6.54 Å². The molecule has 1 heterocycles. The van der Waals surface area contributed by atoms with Crippen LogP contribution in [-0.2, 0) is 11.3 Å². The Labute approximate surface area is 145 Å². The van der Waals surface area contributed by atoms with Crippen molar-refractivity contribution < 1.29 is 9.18 Å². The van der Waals surface area contributed by atoms with Gasteiger partial charge in [-0.05, 0) is 36.4 Å². The number of benzene rings is 2. The number of rotatable bonds is 3. The Morgan fingerprint density at radius 3 is 2.62 bits per heavy atom. The molecule has 1 N–H and O–H groups in total. The van der Waals surface area contributed by atoms with Crippen molar-refractivity contribution in [2.75, 3.05) is 5.32 Å². The van der Waals surface area contributed by atoms with Crippen molar-refractivity contribution in [3.05, 3.63) is 68.9 Å². The Bertz CT molecular complexity index is 987. The summed E-state index contributed by atoms with van der Waals surface area (Å²) in [6, 6.07) is 8.24. The van der Waals surface area contributed by atoms with Crippen molar-refractivity contribution >= 4 is 45.7 Å². The van der Waals surface area contributed by atoms with E-state index in [1.165, 1.54) is 42.7 Å². The van der Waals surface area contributed by atoms with E-state index in [4.69, 9.17) is 23.2 Å². The number of nitrogens with zero attached hydrogens (tertiary/aromatic N) is 2. The number of carbonyl (C=O) groups is 1. The lowest BCUT2D eigenvalue weighted by atomic mass is 10.2. The van der Waals surface area contributed by atoms with E-state index in [0.29, 0.717) is 16.2 Å². The Hall–Kier alpha value is -2.44. The maximum absolute atomic E-state index is 12.8. The first-order valence-electron chi connectivity index (χ1n) is 6.83. The molecule has 24 heavy (non-hydrogen) atoms. The minimum atomic E-state index is -0.446. The maximum atomic E-state index is 12.8. The van der Waals surface area contributed by atoms with Crippen LogP contribution < -0.4 is 10.9 Å². The van der Waals surface area contributed by atoms with Crippen LogP contribution in [0.4, 0.5) is 10.1 Å². The second-order valence-electron chi connectivity index (χ2n) is 5.02. The van der Waals surface area contributed by atoms with Gasteiger partial charge in [-0.15, -0.1) is 0 Å². The topological polar surface area (TPSA) is 64.0 Å². The summed E-state index contributed by atoms with van der Waals surface area (Å²) >= 11 is 11.9. The molecule has 3 aromatic rings. The molecule has 0 radical (unpaired) electrons. The van der Waals surface area contributed by atoms with E-state index in [1.54, 1.807) is 0 Å². The molecule has 1 aromatic heterocycles. The Kier molecular flexibility index (Phi) is 4.51. The van der Waals surface area contributed by atoms with Gasteiger partial charge in [0, 0.05) is 10.7 Å². The fourth-order valence-corrected chi connectivity index (χ4v) is 2.74. The van der Waals surface area contributed by atoms with Crippen molar-refractivity contribution in [1.82, 2.24) is 9.55 Å². The Balaban J connectivity index is 1.87. The van der Waals surface area contributed by atoms with Crippen molar-refractivity contribution in [2.24, 2.45) is 0 Å². The third kappa shape index (κ3) is 3.39. The van der Waals surface area contributed by atoms with Crippen LogP contribution in [0.1, 0.15) is 0 Å². The lowest BCUT2D eigenvalue weighted by Crippen LogP contribution is -2.28. The molecule has 0 saturated heterocycles. The number of hydrogen-bond acceptors (Lipinski definition) is 3. The summed E-state index contributed by atoms with van der Waals surface area (Å²) in [6.45, 7) is -0.247. The normalized spacial score (nSPS) is 10.8. The van der Waals surface area contributed by atoms with E-state index in [-0.39, 0.29) is 17.0 Å². The number of anilines is 1. The van der Waals surface area contributed by atoms with E-state index >= 15 is 0 Å². The van der Waals surface area contributed by atoms with Crippen LogP contribution in [0.5, 0.6) is 0 Å². The molecule has 0 fully saturated rings. The maximum Gasteiger partial charge on any atom is 0.261 e. The van der Waals surface area contributed by atoms with Crippen molar-refractivity contribution in [1.29, 1.82) is 0 Å². The molecule has 122 valence electrons. The SMILES string of the molecule is O=C(Cn1cnc2c(Cl)cc(Cl)cc2c1=O)Nc1ccc(F)cc1. The highest BCUT2D eigenvalue weighted by Gasteiger charge is 2.11. The predicted octanol–water partition coefficient (Wildman–Crippen LogP) is 3.48. The zero-order valence-electron chi connectivity index (χ0n) is 12.1. The fourth-order valence-electron chi connectivity index (χ4n) is 2.20. The van der Waals surface area contributed by atoms with E-state index in [9.17, 15) is 14.0 Å². The third-order valence-electron chi connectivity index (χ3n) is 3.29. The van der Waals surface area contributed by atoms with Gasteiger partial charge in [-0.1, -0.05) is 23.2 Å². The molecule has 3 rings (SSSR count). The first-order valence-corrected chi connectivity index (χ1v) is 7.59. The first kappa shape index (κ1) is 16.4. The summed E-state index contributed by atoms with van der Waals surface area (Å²) in [5, 5.41) is 3.36. The van der Waals surface area contributed by atoms with Gasteiger partial charge in [0.25, 0.3) is 5.56 Å². The van der Waals surface area contributed by atoms with Gasteiger partial charge in [0.05, 0.1) is 22.3 Å². The van der Waals surface area contributed by atoms with Gasteiger partial charge in [-0.2, -0.15) is 0 Å². The van der Waals surface area contributed by atoms with Crippen LogP contribution in [0, 0.1) is 5.82 Å². The lowest BCUT2D eigenvalue weighted by Gasteiger charge is -2.08. The molecule has 2 aromatic carbocycles. The molecule has 8 heteroatoms. The molecule has 0 aliphatic rings. The van der Waals surface area contributed by atoms with E-state index in [1.807, 2.05) is 0 Å². The summed E-state index contributed by atoms with van der Waals surface area (Å²) in [4.78, 5) is 28.6. The molecule has 0 spiro atoms. The predicted molar refractivity (Wildman–Crippen MR) is 91.1 cm³/mol. The molecule has 0 bridgehead atoms. The molecular formula is C16H10Cl2FN3O2. The van der Waals surface area contributed by atoms with Gasteiger partial charge < -0.3 is 5.32 Å². The standard InChI is InChI=1S/C16H10Cl2FN3O2/c17-9-5-12-15(13(18)6-9)20-8-22(16(12)24)7-14(23)21-11-3-1-10(19)2-4-11/h1-6,8H,7H2,(H,21,23). The zero-order chi connectivity index (χ0) is 17.3. The van der Waals surface area contributed by atoms with Crippen molar-refractivity contribution in [3.8, 4) is 0 Å². The van der Waals surface area contributed by atoms with Gasteiger partial charge in [0.15, 0.2) is 0 Å². The molecular weight excluding hydrogens is 356 g/mol. The molecule has 0 unspecified atom stereocenters. The Morgan fingerprint density at radius 2 is 1.92 bits per heavy atom. The van der Waals surface area contributed by atoms with Gasteiger partial charge >= 0.3 is 0 Å². The second kappa shape index (κ2) is 6.59. The molecule has 0 saturated carbocycles. The fraction of sp³-hybridized carbons (Fsp3) is 0.0625. The van der Waals surface area contributed by atoms with Crippen LogP contribution in [0.15, 0.2) is 47.5 Å². The van der Waals surface area contributed by atoms with E-state index in [0.717, 1.165) is 4.57 Å². The molecule has 0 aliphatic heterocycles. The van der Waals surface area contributed by atoms with Gasteiger partial charge in [-0.3, -0.25) is 14.2 Å². The largest absolute Gasteiger partial charge is 0.325 e. The van der Waals surface area contributed by atoms with E-state index in [2.05, 4.69) is 10.3 Å². The van der Waals surface area contributed by atoms with Crippen LogP contribution >= 0.6 is 23.2 Å². The molecule has 1 amide bonds. The third-order valence-corrected chi connectivity index (χ3v) is 3.79. The number of hydrogen-bond donors (Lipinski definition) is 1. The molecule has 5 nitrogen and oxygen atoms in total.